The van der Waals surface area contributed by atoms with Crippen LogP contribution in [0.2, 0.25) is 0 Å². The predicted octanol–water partition coefficient (Wildman–Crippen LogP) is 1.38. The molecule has 3 aromatic rings. The first-order chi connectivity index (χ1) is 12.5. The number of aryl methyl sites for hydroxylation is 1. The molecule has 1 fully saturated rings. The number of aliphatic hydroxyl groups excluding tert-OH is 2. The Balaban J connectivity index is 1.53. The van der Waals surface area contributed by atoms with Gasteiger partial charge in [0.15, 0.2) is 5.82 Å². The molecule has 8 heteroatoms. The second-order valence-corrected chi connectivity index (χ2v) is 7.68. The molecule has 1 unspecified atom stereocenters. The van der Waals surface area contributed by atoms with Crippen LogP contribution in [0.4, 0.5) is 5.82 Å². The van der Waals surface area contributed by atoms with E-state index >= 15 is 0 Å². The van der Waals surface area contributed by atoms with E-state index in [4.69, 9.17) is 5.73 Å². The number of nitrogens with one attached hydrogen (secondary N) is 2. The van der Waals surface area contributed by atoms with Crippen LogP contribution in [0.3, 0.4) is 0 Å². The van der Waals surface area contributed by atoms with Crippen molar-refractivity contribution in [1.82, 2.24) is 20.3 Å². The van der Waals surface area contributed by atoms with E-state index in [1.807, 2.05) is 12.1 Å². The molecule has 0 radical (unpaired) electrons. The molecule has 136 valence electrons. The summed E-state index contributed by atoms with van der Waals surface area (Å²) in [4.78, 5) is 12.4. The van der Waals surface area contributed by atoms with Gasteiger partial charge < -0.3 is 26.2 Å². The lowest BCUT2D eigenvalue weighted by Crippen LogP contribution is -2.35. The Hall–Kier alpha value is -2.13. The van der Waals surface area contributed by atoms with Crippen LogP contribution in [-0.4, -0.2) is 49.2 Å². The summed E-state index contributed by atoms with van der Waals surface area (Å²) in [5.74, 6) is 1.01. The number of H-pyrrole nitrogens is 1. The molecule has 26 heavy (non-hydrogen) atoms. The van der Waals surface area contributed by atoms with E-state index in [-0.39, 0.29) is 6.04 Å². The minimum Gasteiger partial charge on any atom is -0.389 e. The summed E-state index contributed by atoms with van der Waals surface area (Å²) in [6, 6.07) is 7.58. The maximum Gasteiger partial charge on any atom is 0.151 e. The van der Waals surface area contributed by atoms with E-state index in [1.165, 1.54) is 11.9 Å². The van der Waals surface area contributed by atoms with Gasteiger partial charge in [-0.15, -0.1) is 11.8 Å². The molecule has 4 atom stereocenters. The summed E-state index contributed by atoms with van der Waals surface area (Å²) >= 11 is 1.66. The van der Waals surface area contributed by atoms with Crippen LogP contribution in [0.25, 0.3) is 11.0 Å². The maximum atomic E-state index is 10.6. The van der Waals surface area contributed by atoms with Gasteiger partial charge in [-0.25, -0.2) is 9.97 Å². The second kappa shape index (κ2) is 6.88. The first-order valence-corrected chi connectivity index (χ1v) is 9.42. The van der Waals surface area contributed by atoms with Crippen LogP contribution >= 0.6 is 11.8 Å². The number of hydrogen-bond acceptors (Lipinski definition) is 7. The van der Waals surface area contributed by atoms with Crippen molar-refractivity contribution < 1.29 is 10.2 Å². The van der Waals surface area contributed by atoms with Gasteiger partial charge in [-0.1, -0.05) is 17.7 Å². The molecule has 1 aliphatic rings. The Bertz CT molecular complexity index is 931. The van der Waals surface area contributed by atoms with Crippen molar-refractivity contribution in [2.75, 3.05) is 11.5 Å². The first-order valence-electron chi connectivity index (χ1n) is 8.43. The normalized spacial score (nSPS) is 25.8. The van der Waals surface area contributed by atoms with Crippen molar-refractivity contribution in [3.63, 3.8) is 0 Å². The Kier molecular flexibility index (Phi) is 4.58. The molecule has 1 aliphatic heterocycles. The zero-order chi connectivity index (χ0) is 18.3. The fourth-order valence-electron chi connectivity index (χ4n) is 3.39. The molecule has 0 bridgehead atoms. The molecule has 1 saturated heterocycles. The second-order valence-electron chi connectivity index (χ2n) is 6.59. The van der Waals surface area contributed by atoms with Gasteiger partial charge in [-0.3, -0.25) is 0 Å². The topological polar surface area (TPSA) is 120 Å². The average Bonchev–Trinajstić information content (AvgIpc) is 3.17. The van der Waals surface area contributed by atoms with Crippen molar-refractivity contribution >= 4 is 28.6 Å². The minimum atomic E-state index is -0.923. The Labute approximate surface area is 155 Å². The molecule has 3 heterocycles. The number of thioether (sulfide) groups is 1. The monoisotopic (exact) mass is 371 g/mol. The number of benzene rings is 1. The summed E-state index contributed by atoms with van der Waals surface area (Å²) < 4.78 is 0. The highest BCUT2D eigenvalue weighted by Crippen LogP contribution is 2.34. The minimum absolute atomic E-state index is 0.232. The van der Waals surface area contributed by atoms with Crippen LogP contribution in [0, 0.1) is 6.92 Å². The summed E-state index contributed by atoms with van der Waals surface area (Å²) in [6.07, 6.45) is 1.38. The number of aromatic nitrogens is 3. The van der Waals surface area contributed by atoms with Gasteiger partial charge in [0.2, 0.25) is 0 Å². The third-order valence-electron chi connectivity index (χ3n) is 4.77. The molecule has 7 nitrogen and oxygen atoms in total. The number of aliphatic hydroxyl groups is 2. The molecule has 2 aromatic heterocycles. The molecule has 4 rings (SSSR count). The number of nitrogens with two attached hydrogens (primary N) is 1. The molecule has 0 aliphatic carbocycles. The third-order valence-corrected chi connectivity index (χ3v) is 5.89. The summed E-state index contributed by atoms with van der Waals surface area (Å²) in [7, 11) is 0. The van der Waals surface area contributed by atoms with E-state index in [9.17, 15) is 10.2 Å². The lowest BCUT2D eigenvalue weighted by molar-refractivity contribution is 0.0308. The standard InChI is InChI=1S/C18H21N5O2S/c1-9-3-2-4-10(5-9)26-7-12-16(24)17(25)14(23-12)11-6-20-15-13(11)21-8-22-18(15)19/h2-6,8,12,14,16-17,20,23-25H,7H2,1H3,(H2,19,21,22)/t12-,14+,16?,17-/m1/s1. The molecular formula is C18H21N5O2S. The van der Waals surface area contributed by atoms with Gasteiger partial charge in [-0.2, -0.15) is 0 Å². The molecular weight excluding hydrogens is 350 g/mol. The number of fused-ring (bicyclic) bond motifs is 1. The molecule has 0 amide bonds. The Morgan fingerprint density at radius 2 is 2.08 bits per heavy atom. The highest BCUT2D eigenvalue weighted by molar-refractivity contribution is 7.99. The van der Waals surface area contributed by atoms with Gasteiger partial charge in [0, 0.05) is 28.5 Å². The van der Waals surface area contributed by atoms with Crippen LogP contribution < -0.4 is 11.1 Å². The maximum absolute atomic E-state index is 10.6. The number of aromatic amines is 1. The van der Waals surface area contributed by atoms with Crippen LogP contribution in [0.5, 0.6) is 0 Å². The Morgan fingerprint density at radius 3 is 2.88 bits per heavy atom. The van der Waals surface area contributed by atoms with Crippen LogP contribution in [0.15, 0.2) is 41.7 Å². The van der Waals surface area contributed by atoms with Crippen molar-refractivity contribution in [1.29, 1.82) is 0 Å². The average molecular weight is 371 g/mol. The smallest absolute Gasteiger partial charge is 0.151 e. The van der Waals surface area contributed by atoms with Crippen LogP contribution in [-0.2, 0) is 0 Å². The van der Waals surface area contributed by atoms with Crippen molar-refractivity contribution in [2.45, 2.75) is 36.1 Å². The summed E-state index contributed by atoms with van der Waals surface area (Å²) in [6.45, 7) is 2.05. The van der Waals surface area contributed by atoms with Gasteiger partial charge in [0.1, 0.15) is 17.9 Å². The molecule has 0 saturated carbocycles. The fraction of sp³-hybridized carbons (Fsp3) is 0.333. The molecule has 6 N–H and O–H groups in total. The summed E-state index contributed by atoms with van der Waals surface area (Å²) in [5.41, 5.74) is 9.15. The molecule has 0 spiro atoms. The third kappa shape index (κ3) is 3.05. The van der Waals surface area contributed by atoms with Gasteiger partial charge in [0.25, 0.3) is 0 Å². The van der Waals surface area contributed by atoms with Crippen molar-refractivity contribution in [3.8, 4) is 0 Å². The highest BCUT2D eigenvalue weighted by Gasteiger charge is 2.42. The SMILES string of the molecule is Cc1cccc(SC[C@H]2N[C@@H](c3c[nH]c4c(N)ncnc34)[C@@H](O)C2O)c1. The number of rotatable bonds is 4. The number of nitrogens with zero attached hydrogens (tertiary/aromatic N) is 2. The fourth-order valence-corrected chi connectivity index (χ4v) is 4.50. The Morgan fingerprint density at radius 1 is 1.23 bits per heavy atom. The number of hydrogen-bond donors (Lipinski definition) is 5. The van der Waals surface area contributed by atoms with E-state index < -0.39 is 18.2 Å². The van der Waals surface area contributed by atoms with Gasteiger partial charge in [0.05, 0.1) is 17.7 Å². The van der Waals surface area contributed by atoms with E-state index in [1.54, 1.807) is 18.0 Å². The highest BCUT2D eigenvalue weighted by atomic mass is 32.2. The predicted molar refractivity (Wildman–Crippen MR) is 102 cm³/mol. The summed E-state index contributed by atoms with van der Waals surface area (Å²) in [5, 5.41) is 24.4. The van der Waals surface area contributed by atoms with E-state index in [0.29, 0.717) is 22.6 Å². The van der Waals surface area contributed by atoms with Crippen LogP contribution in [0.1, 0.15) is 17.2 Å². The lowest BCUT2D eigenvalue weighted by atomic mass is 10.0. The number of anilines is 1. The largest absolute Gasteiger partial charge is 0.389 e. The van der Waals surface area contributed by atoms with Gasteiger partial charge >= 0.3 is 0 Å². The van der Waals surface area contributed by atoms with E-state index in [2.05, 4.69) is 39.3 Å². The zero-order valence-electron chi connectivity index (χ0n) is 14.3. The number of nitrogen functional groups attached to an aromatic ring is 1. The van der Waals surface area contributed by atoms with E-state index in [0.717, 1.165) is 10.5 Å². The zero-order valence-corrected chi connectivity index (χ0v) is 15.1. The lowest BCUT2D eigenvalue weighted by Gasteiger charge is -2.15. The molecule has 1 aromatic carbocycles. The quantitative estimate of drug-likeness (QED) is 0.439. The van der Waals surface area contributed by atoms with Crippen molar-refractivity contribution in [2.24, 2.45) is 0 Å². The first kappa shape index (κ1) is 17.3. The van der Waals surface area contributed by atoms with Gasteiger partial charge in [-0.05, 0) is 19.1 Å². The van der Waals surface area contributed by atoms with Crippen molar-refractivity contribution in [3.05, 3.63) is 47.9 Å².